The molecule has 1 amide bonds. The minimum absolute atomic E-state index is 0.00919. The fraction of sp³-hybridized carbons (Fsp3) is 0.458. The number of alkyl halides is 3. The van der Waals surface area contributed by atoms with E-state index in [1.165, 1.54) is 18.4 Å². The van der Waals surface area contributed by atoms with E-state index < -0.39 is 41.4 Å². The smallest absolute Gasteiger partial charge is 0.401 e. The van der Waals surface area contributed by atoms with Crippen molar-refractivity contribution in [3.63, 3.8) is 0 Å². The van der Waals surface area contributed by atoms with Crippen molar-refractivity contribution < 1.29 is 32.2 Å². The summed E-state index contributed by atoms with van der Waals surface area (Å²) in [6, 6.07) is 9.21. The van der Waals surface area contributed by atoms with Gasteiger partial charge in [-0.3, -0.25) is 4.79 Å². The minimum atomic E-state index is -4.80. The van der Waals surface area contributed by atoms with Crippen molar-refractivity contribution in [3.05, 3.63) is 52.2 Å². The lowest BCUT2D eigenvalue weighted by molar-refractivity contribution is -0.188. The average molecular weight is 529 g/mol. The Bertz CT molecular complexity index is 1050. The molecule has 190 valence electrons. The van der Waals surface area contributed by atoms with Crippen LogP contribution in [0.2, 0.25) is 0 Å². The maximum absolute atomic E-state index is 14.0. The molecule has 1 aliphatic heterocycles. The number of hydrogen-bond acceptors (Lipinski definition) is 7. The summed E-state index contributed by atoms with van der Waals surface area (Å²) >= 11 is 2.32. The molecule has 0 bridgehead atoms. The van der Waals surface area contributed by atoms with Crippen molar-refractivity contribution in [3.8, 4) is 5.75 Å². The first-order chi connectivity index (χ1) is 16.4. The molecule has 2 aromatic rings. The number of nitrogens with zero attached hydrogens (tertiary/aromatic N) is 2. The van der Waals surface area contributed by atoms with Crippen molar-refractivity contribution in [2.75, 3.05) is 12.9 Å². The van der Waals surface area contributed by atoms with Crippen LogP contribution in [0.4, 0.5) is 13.2 Å². The average Bonchev–Trinajstić information content (AvgIpc) is 3.44. The molecule has 1 aromatic carbocycles. The van der Waals surface area contributed by atoms with Gasteiger partial charge in [0, 0.05) is 17.9 Å². The van der Waals surface area contributed by atoms with E-state index in [1.807, 2.05) is 0 Å². The van der Waals surface area contributed by atoms with Gasteiger partial charge >= 0.3 is 12.1 Å². The zero-order chi connectivity index (χ0) is 25.8. The van der Waals surface area contributed by atoms with Gasteiger partial charge in [0.1, 0.15) is 17.3 Å². The first-order valence-corrected chi connectivity index (χ1v) is 12.9. The Kier molecular flexibility index (Phi) is 8.53. The molecule has 2 heterocycles. The van der Waals surface area contributed by atoms with Gasteiger partial charge in [0.2, 0.25) is 0 Å². The molecule has 3 rings (SSSR count). The molecule has 0 saturated heterocycles. The number of hydrogen-bond donors (Lipinski definition) is 0. The summed E-state index contributed by atoms with van der Waals surface area (Å²) in [6.45, 7) is 4.96. The third-order valence-electron chi connectivity index (χ3n) is 5.03. The largest absolute Gasteiger partial charge is 0.497 e. The van der Waals surface area contributed by atoms with Crippen LogP contribution in [0.5, 0.6) is 5.75 Å². The van der Waals surface area contributed by atoms with E-state index in [0.29, 0.717) is 21.3 Å². The number of thioether (sulfide) groups is 1. The van der Waals surface area contributed by atoms with Gasteiger partial charge < -0.3 is 9.47 Å². The number of carbonyl (C=O) groups is 2. The second kappa shape index (κ2) is 11.0. The van der Waals surface area contributed by atoms with Crippen LogP contribution in [0.3, 0.4) is 0 Å². The predicted molar refractivity (Wildman–Crippen MR) is 131 cm³/mol. The molecule has 0 fully saturated rings. The lowest BCUT2D eigenvalue weighted by Gasteiger charge is -2.28. The molecule has 11 heteroatoms. The number of rotatable bonds is 8. The van der Waals surface area contributed by atoms with Crippen LogP contribution in [0.15, 0.2) is 46.9 Å². The molecule has 1 aliphatic rings. The Morgan fingerprint density at radius 3 is 2.43 bits per heavy atom. The van der Waals surface area contributed by atoms with E-state index in [0.717, 1.165) is 17.3 Å². The number of esters is 1. The Morgan fingerprint density at radius 1 is 1.20 bits per heavy atom. The maximum Gasteiger partial charge on any atom is 0.401 e. The molecule has 0 N–H and O–H groups in total. The van der Waals surface area contributed by atoms with Gasteiger partial charge in [0.05, 0.1) is 17.7 Å². The van der Waals surface area contributed by atoms with Gasteiger partial charge in [0.15, 0.2) is 6.04 Å². The van der Waals surface area contributed by atoms with Crippen molar-refractivity contribution >= 4 is 40.7 Å². The standard InChI is InChI=1S/C24H27F3N2O4S2/c1-23(2,3)33-22(31)19-12-18(20-6-5-11-35-20)28-29(19)21(30)17(24(25,26)27)14-34-13-15-7-9-16(32-4)10-8-15/h5-11,17,19H,12-14H2,1-4H3. The lowest BCUT2D eigenvalue weighted by Crippen LogP contribution is -2.48. The van der Waals surface area contributed by atoms with Crippen LogP contribution in [0.1, 0.15) is 37.6 Å². The van der Waals surface area contributed by atoms with Gasteiger partial charge in [-0.05, 0) is 49.9 Å². The van der Waals surface area contributed by atoms with Gasteiger partial charge in [-0.25, -0.2) is 9.80 Å². The number of methoxy groups -OCH3 is 1. The second-order valence-electron chi connectivity index (χ2n) is 8.92. The maximum atomic E-state index is 14.0. The van der Waals surface area contributed by atoms with Crippen LogP contribution >= 0.6 is 23.1 Å². The van der Waals surface area contributed by atoms with Crippen molar-refractivity contribution in [1.29, 1.82) is 0 Å². The fourth-order valence-electron chi connectivity index (χ4n) is 3.34. The fourth-order valence-corrected chi connectivity index (χ4v) is 5.17. The van der Waals surface area contributed by atoms with Gasteiger partial charge in [0.25, 0.3) is 5.91 Å². The number of carbonyl (C=O) groups excluding carboxylic acids is 2. The van der Waals surface area contributed by atoms with Crippen LogP contribution in [-0.2, 0) is 20.1 Å². The van der Waals surface area contributed by atoms with E-state index in [9.17, 15) is 22.8 Å². The molecule has 0 radical (unpaired) electrons. The summed E-state index contributed by atoms with van der Waals surface area (Å²) in [5, 5.41) is 6.64. The van der Waals surface area contributed by atoms with Crippen LogP contribution in [-0.4, -0.2) is 53.3 Å². The highest BCUT2D eigenvalue weighted by Gasteiger charge is 2.50. The molecular formula is C24H27F3N2O4S2. The van der Waals surface area contributed by atoms with Crippen LogP contribution < -0.4 is 4.74 Å². The number of hydrazone groups is 1. The van der Waals surface area contributed by atoms with Gasteiger partial charge in [-0.1, -0.05) is 18.2 Å². The molecule has 35 heavy (non-hydrogen) atoms. The molecule has 1 aromatic heterocycles. The number of amides is 1. The molecule has 0 aliphatic carbocycles. The predicted octanol–water partition coefficient (Wildman–Crippen LogP) is 5.52. The molecule has 0 saturated carbocycles. The summed E-state index contributed by atoms with van der Waals surface area (Å²) in [7, 11) is 1.53. The third-order valence-corrected chi connectivity index (χ3v) is 7.05. The monoisotopic (exact) mass is 528 g/mol. The summed E-state index contributed by atoms with van der Waals surface area (Å²) in [4.78, 5) is 26.7. The lowest BCUT2D eigenvalue weighted by atomic mass is 10.1. The zero-order valence-electron chi connectivity index (χ0n) is 19.8. The SMILES string of the molecule is COc1ccc(CSCC(C(=O)N2N=C(c3cccs3)CC2C(=O)OC(C)(C)C)C(F)(F)F)cc1. The zero-order valence-corrected chi connectivity index (χ0v) is 21.4. The number of halogens is 3. The number of benzene rings is 1. The summed E-state index contributed by atoms with van der Waals surface area (Å²) < 4.78 is 52.4. The van der Waals surface area contributed by atoms with E-state index in [1.54, 1.807) is 62.5 Å². The highest BCUT2D eigenvalue weighted by atomic mass is 32.2. The number of thiophene rings is 1. The topological polar surface area (TPSA) is 68.2 Å². The Labute approximate surface area is 210 Å². The summed E-state index contributed by atoms with van der Waals surface area (Å²) in [5.74, 6) is -3.94. The van der Waals surface area contributed by atoms with E-state index >= 15 is 0 Å². The second-order valence-corrected chi connectivity index (χ2v) is 10.9. The molecule has 2 atom stereocenters. The quantitative estimate of drug-likeness (QED) is 0.423. The first-order valence-electron chi connectivity index (χ1n) is 10.8. The normalized spacial score (nSPS) is 17.2. The summed E-state index contributed by atoms with van der Waals surface area (Å²) in [6.07, 6.45) is -4.81. The van der Waals surface area contributed by atoms with Crippen molar-refractivity contribution in [2.45, 2.75) is 50.8 Å². The molecule has 0 spiro atoms. The van der Waals surface area contributed by atoms with Crippen LogP contribution in [0.25, 0.3) is 0 Å². The number of ether oxygens (including phenoxy) is 2. The molecular weight excluding hydrogens is 501 g/mol. The minimum Gasteiger partial charge on any atom is -0.497 e. The highest BCUT2D eigenvalue weighted by molar-refractivity contribution is 7.98. The van der Waals surface area contributed by atoms with Crippen LogP contribution in [0, 0.1) is 5.92 Å². The highest BCUT2D eigenvalue weighted by Crippen LogP contribution is 2.35. The van der Waals surface area contributed by atoms with Gasteiger partial charge in [-0.2, -0.15) is 30.0 Å². The summed E-state index contributed by atoms with van der Waals surface area (Å²) in [5.41, 5.74) is 0.320. The van der Waals surface area contributed by atoms with Crippen molar-refractivity contribution in [1.82, 2.24) is 5.01 Å². The van der Waals surface area contributed by atoms with E-state index in [4.69, 9.17) is 9.47 Å². The molecule has 6 nitrogen and oxygen atoms in total. The Morgan fingerprint density at radius 2 is 1.89 bits per heavy atom. The third kappa shape index (κ3) is 7.23. The Balaban J connectivity index is 1.79. The Hall–Kier alpha value is -2.53. The van der Waals surface area contributed by atoms with Gasteiger partial charge in [-0.15, -0.1) is 11.3 Å². The molecule has 2 unspecified atom stereocenters. The first kappa shape index (κ1) is 27.1. The van der Waals surface area contributed by atoms with E-state index in [2.05, 4.69) is 5.10 Å². The van der Waals surface area contributed by atoms with E-state index in [-0.39, 0.29) is 12.2 Å². The van der Waals surface area contributed by atoms with Crippen molar-refractivity contribution in [2.24, 2.45) is 11.0 Å².